The van der Waals surface area contributed by atoms with Gasteiger partial charge < -0.3 is 4.98 Å². The molecule has 2 amide bonds. The molecule has 2 saturated carbocycles. The zero-order valence-electron chi connectivity index (χ0n) is 19.4. The monoisotopic (exact) mass is 471 g/mol. The number of aromatic nitrogens is 2. The summed E-state index contributed by atoms with van der Waals surface area (Å²) in [6.07, 6.45) is 7.24. The van der Waals surface area contributed by atoms with E-state index < -0.39 is 0 Å². The molecule has 6 rings (SSSR count). The first-order valence-electron chi connectivity index (χ1n) is 12.3. The fourth-order valence-corrected chi connectivity index (χ4v) is 5.00. The minimum atomic E-state index is -0.321. The van der Waals surface area contributed by atoms with E-state index >= 15 is 0 Å². The predicted molar refractivity (Wildman–Crippen MR) is 128 cm³/mol. The molecule has 0 radical (unpaired) electrons. The Morgan fingerprint density at radius 3 is 2.46 bits per heavy atom. The molecule has 2 heterocycles. The highest BCUT2D eigenvalue weighted by Gasteiger charge is 2.42. The summed E-state index contributed by atoms with van der Waals surface area (Å²) in [4.78, 5) is 48.1. The fourth-order valence-electron chi connectivity index (χ4n) is 5.00. The number of H-pyrrole nitrogens is 1. The van der Waals surface area contributed by atoms with Gasteiger partial charge in [0.05, 0.1) is 5.69 Å². The molecule has 3 aliphatic rings. The number of rotatable bonds is 6. The highest BCUT2D eigenvalue weighted by molar-refractivity contribution is 6.17. The number of aryl methyl sites for hydroxylation is 1. The van der Waals surface area contributed by atoms with Crippen LogP contribution < -0.4 is 4.90 Å². The molecule has 2 fully saturated rings. The molecule has 0 saturated heterocycles. The fraction of sp³-hybridized carbons (Fsp3) is 0.357. The van der Waals surface area contributed by atoms with Crippen molar-refractivity contribution in [2.24, 2.45) is 11.8 Å². The molecule has 178 valence electrons. The minimum absolute atomic E-state index is 0.0869. The van der Waals surface area contributed by atoms with Crippen molar-refractivity contribution in [2.45, 2.75) is 51.4 Å². The molecule has 35 heavy (non-hydrogen) atoms. The minimum Gasteiger partial charge on any atom is -0.358 e. The zero-order valence-corrected chi connectivity index (χ0v) is 19.4. The number of nitrogens with one attached hydrogen (secondary N) is 1. The Morgan fingerprint density at radius 2 is 1.77 bits per heavy atom. The molecular weight excluding hydrogens is 445 g/mol. The van der Waals surface area contributed by atoms with E-state index in [1.54, 1.807) is 18.3 Å². The molecule has 7 heteroatoms. The van der Waals surface area contributed by atoms with E-state index in [-0.39, 0.29) is 35.3 Å². The normalized spacial score (nSPS) is 17.2. The van der Waals surface area contributed by atoms with Crippen molar-refractivity contribution in [2.75, 3.05) is 4.90 Å². The van der Waals surface area contributed by atoms with Crippen molar-refractivity contribution in [3.8, 4) is 11.3 Å². The number of amides is 2. The van der Waals surface area contributed by atoms with Gasteiger partial charge in [0.15, 0.2) is 5.78 Å². The lowest BCUT2D eigenvalue weighted by Crippen LogP contribution is -2.39. The third-order valence-electron chi connectivity index (χ3n) is 7.12. The second kappa shape index (κ2) is 8.56. The standard InChI is InChI=1S/C28H26FN3O3/c29-20-4-1-3-16(13-20)14-21-25-22(5-2-6-23(25)33)31-26(21)19-11-12-30-24(15-19)32(27(34)17-7-8-17)28(35)18-9-10-18/h1,3-4,11-13,15,17-18,31H,2,5-10,14H2. The molecule has 3 aliphatic carbocycles. The molecule has 0 bridgehead atoms. The summed E-state index contributed by atoms with van der Waals surface area (Å²) < 4.78 is 13.9. The molecule has 3 aromatic rings. The van der Waals surface area contributed by atoms with Gasteiger partial charge in [-0.05, 0) is 73.9 Å². The first-order chi connectivity index (χ1) is 17.0. The summed E-state index contributed by atoms with van der Waals surface area (Å²) in [5, 5.41) is 0. The number of imide groups is 1. The number of carbonyl (C=O) groups is 3. The van der Waals surface area contributed by atoms with Gasteiger partial charge in [0.2, 0.25) is 11.8 Å². The number of anilines is 1. The van der Waals surface area contributed by atoms with Gasteiger partial charge in [0.25, 0.3) is 0 Å². The second-order valence-corrected chi connectivity index (χ2v) is 9.88. The molecule has 1 N–H and O–H groups in total. The van der Waals surface area contributed by atoms with E-state index in [1.807, 2.05) is 12.1 Å². The Labute approximate surface area is 202 Å². The van der Waals surface area contributed by atoms with Gasteiger partial charge in [0.1, 0.15) is 11.6 Å². The van der Waals surface area contributed by atoms with Crippen LogP contribution in [0.25, 0.3) is 11.3 Å². The van der Waals surface area contributed by atoms with E-state index in [0.717, 1.165) is 66.6 Å². The first kappa shape index (κ1) is 21.9. The third kappa shape index (κ3) is 4.20. The van der Waals surface area contributed by atoms with Crippen LogP contribution in [0.3, 0.4) is 0 Å². The molecule has 6 nitrogen and oxygen atoms in total. The molecule has 0 spiro atoms. The lowest BCUT2D eigenvalue weighted by molar-refractivity contribution is -0.127. The van der Waals surface area contributed by atoms with Crippen LogP contribution in [-0.4, -0.2) is 27.6 Å². The van der Waals surface area contributed by atoms with Gasteiger partial charge in [-0.1, -0.05) is 12.1 Å². The van der Waals surface area contributed by atoms with Crippen LogP contribution in [0.1, 0.15) is 65.7 Å². The highest BCUT2D eigenvalue weighted by Crippen LogP contribution is 2.39. The highest BCUT2D eigenvalue weighted by atomic mass is 19.1. The summed E-state index contributed by atoms with van der Waals surface area (Å²) in [7, 11) is 0. The number of hydrogen-bond acceptors (Lipinski definition) is 4. The van der Waals surface area contributed by atoms with Crippen molar-refractivity contribution in [1.29, 1.82) is 0 Å². The quantitative estimate of drug-likeness (QED) is 0.513. The molecule has 1 aromatic carbocycles. The Kier molecular flexibility index (Phi) is 5.35. The Morgan fingerprint density at radius 1 is 1.03 bits per heavy atom. The maximum Gasteiger partial charge on any atom is 0.238 e. The Hall–Kier alpha value is -3.61. The van der Waals surface area contributed by atoms with E-state index in [0.29, 0.717) is 24.2 Å². The van der Waals surface area contributed by atoms with Crippen molar-refractivity contribution in [3.05, 3.63) is 70.8 Å². The van der Waals surface area contributed by atoms with Gasteiger partial charge >= 0.3 is 0 Å². The number of halogens is 1. The SMILES string of the molecule is O=C1CCCc2[nH]c(-c3ccnc(N(C(=O)C4CC4)C(=O)C4CC4)c3)c(Cc3cccc(F)c3)c21. The number of carbonyl (C=O) groups excluding carboxylic acids is 3. The lowest BCUT2D eigenvalue weighted by Gasteiger charge is -2.20. The molecule has 0 unspecified atom stereocenters. The molecule has 2 aromatic heterocycles. The van der Waals surface area contributed by atoms with E-state index in [4.69, 9.17) is 0 Å². The molecule has 0 aliphatic heterocycles. The molecular formula is C28H26FN3O3. The second-order valence-electron chi connectivity index (χ2n) is 9.88. The maximum absolute atomic E-state index is 13.9. The average Bonchev–Trinajstić information content (AvgIpc) is 3.76. The number of hydrogen-bond donors (Lipinski definition) is 1. The van der Waals surface area contributed by atoms with Crippen LogP contribution in [-0.2, 0) is 22.4 Å². The number of ketones is 1. The van der Waals surface area contributed by atoms with Gasteiger partial charge in [-0.3, -0.25) is 14.4 Å². The summed E-state index contributed by atoms with van der Waals surface area (Å²) in [5.74, 6) is -0.473. The predicted octanol–water partition coefficient (Wildman–Crippen LogP) is 5.01. The number of nitrogens with zero attached hydrogens (tertiary/aromatic N) is 2. The summed E-state index contributed by atoms with van der Waals surface area (Å²) in [6.45, 7) is 0. The van der Waals surface area contributed by atoms with Gasteiger partial charge in [-0.25, -0.2) is 14.3 Å². The maximum atomic E-state index is 13.9. The van der Waals surface area contributed by atoms with Crippen LogP contribution >= 0.6 is 0 Å². The van der Waals surface area contributed by atoms with Gasteiger partial charge in [0, 0.05) is 47.7 Å². The summed E-state index contributed by atoms with van der Waals surface area (Å²) >= 11 is 0. The van der Waals surface area contributed by atoms with Crippen LogP contribution in [0.2, 0.25) is 0 Å². The van der Waals surface area contributed by atoms with Crippen molar-refractivity contribution < 1.29 is 18.8 Å². The number of aromatic amines is 1. The van der Waals surface area contributed by atoms with Crippen molar-refractivity contribution in [1.82, 2.24) is 9.97 Å². The van der Waals surface area contributed by atoms with E-state index in [9.17, 15) is 18.8 Å². The topological polar surface area (TPSA) is 83.1 Å². The van der Waals surface area contributed by atoms with Crippen LogP contribution in [0.5, 0.6) is 0 Å². The van der Waals surface area contributed by atoms with Gasteiger partial charge in [-0.15, -0.1) is 0 Å². The number of pyridine rings is 1. The number of Topliss-reactive ketones (excluding diaryl/α,β-unsaturated/α-hetero) is 1. The first-order valence-corrected chi connectivity index (χ1v) is 12.3. The van der Waals surface area contributed by atoms with E-state index in [1.165, 1.54) is 17.0 Å². The Balaban J connectivity index is 1.44. The van der Waals surface area contributed by atoms with Gasteiger partial charge in [-0.2, -0.15) is 0 Å². The van der Waals surface area contributed by atoms with Crippen LogP contribution in [0.4, 0.5) is 10.2 Å². The average molecular weight is 472 g/mol. The van der Waals surface area contributed by atoms with Crippen LogP contribution in [0.15, 0.2) is 42.6 Å². The number of benzene rings is 1. The largest absolute Gasteiger partial charge is 0.358 e. The summed E-state index contributed by atoms with van der Waals surface area (Å²) in [5.41, 5.74) is 4.68. The summed E-state index contributed by atoms with van der Waals surface area (Å²) in [6, 6.07) is 9.99. The number of fused-ring (bicyclic) bond motifs is 1. The third-order valence-corrected chi connectivity index (χ3v) is 7.12. The van der Waals surface area contributed by atoms with Crippen LogP contribution in [0, 0.1) is 17.7 Å². The van der Waals surface area contributed by atoms with Crippen molar-refractivity contribution in [3.63, 3.8) is 0 Å². The van der Waals surface area contributed by atoms with Crippen molar-refractivity contribution >= 4 is 23.4 Å². The zero-order chi connectivity index (χ0) is 24.1. The molecule has 0 atom stereocenters. The van der Waals surface area contributed by atoms with E-state index in [2.05, 4.69) is 9.97 Å². The lowest BCUT2D eigenvalue weighted by atomic mass is 9.89. The Bertz CT molecular complexity index is 1330. The smallest absolute Gasteiger partial charge is 0.238 e.